The Hall–Kier alpha value is -3.42. The molecule has 1 N–H and O–H groups in total. The second kappa shape index (κ2) is 54.4. The van der Waals surface area contributed by atoms with E-state index in [0.29, 0.717) is 58.4 Å². The van der Waals surface area contributed by atoms with Crippen LogP contribution in [0.15, 0.2) is 0 Å². The zero-order valence-corrected chi connectivity index (χ0v) is 48.2. The maximum atomic E-state index is 13.4. The van der Waals surface area contributed by atoms with E-state index in [4.69, 9.17) is 28.4 Å². The lowest BCUT2D eigenvalue weighted by atomic mass is 10.1. The van der Waals surface area contributed by atoms with Crippen LogP contribution in [0.5, 0.6) is 0 Å². The van der Waals surface area contributed by atoms with Gasteiger partial charge in [-0.2, -0.15) is 0 Å². The maximum absolute atomic E-state index is 13.4. The van der Waals surface area contributed by atoms with Crippen molar-refractivity contribution in [3.63, 3.8) is 0 Å². The minimum atomic E-state index is -1.04. The van der Waals surface area contributed by atoms with Gasteiger partial charge in [0.15, 0.2) is 6.10 Å². The molecule has 0 saturated heterocycles. The minimum Gasteiger partial charge on any atom is -0.466 e. The Labute approximate surface area is 451 Å². The number of hydrogen-bond acceptors (Lipinski definition) is 13. The van der Waals surface area contributed by atoms with Crippen molar-refractivity contribution in [2.75, 3.05) is 53.1 Å². The topological polar surface area (TPSA) is 173 Å². The molecule has 14 heteroatoms. The number of carbonyl (C=O) groups is 6. The van der Waals surface area contributed by atoms with E-state index >= 15 is 0 Å². The molecule has 0 aromatic rings. The molecule has 1 atom stereocenters. The third-order valence-electron chi connectivity index (χ3n) is 13.6. The van der Waals surface area contributed by atoms with E-state index in [9.17, 15) is 28.8 Å². The molecule has 1 unspecified atom stereocenters. The number of rotatable bonds is 55. The number of carbonyl (C=O) groups excluding carboxylic acids is 6. The Morgan fingerprint density at radius 3 is 1.09 bits per heavy atom. The van der Waals surface area contributed by atoms with Crippen LogP contribution in [0, 0.1) is 0 Å². The first kappa shape index (κ1) is 70.6. The molecule has 0 aliphatic rings. The first-order valence-electron chi connectivity index (χ1n) is 30.5. The number of unbranched alkanes of at least 4 members (excludes halogenated alkanes) is 29. The Morgan fingerprint density at radius 1 is 0.378 bits per heavy atom. The molecule has 0 aromatic heterocycles. The smallest absolute Gasteiger partial charge is 0.407 e. The minimum absolute atomic E-state index is 0.145. The number of amides is 1. The zero-order chi connectivity index (χ0) is 54.4. The molecule has 0 radical (unpaired) electrons. The zero-order valence-electron chi connectivity index (χ0n) is 48.2. The number of ether oxygens (including phenoxy) is 6. The summed E-state index contributed by atoms with van der Waals surface area (Å²) < 4.78 is 33.4. The molecule has 0 heterocycles. The van der Waals surface area contributed by atoms with Gasteiger partial charge in [-0.3, -0.25) is 24.0 Å². The van der Waals surface area contributed by atoms with Crippen molar-refractivity contribution in [3.8, 4) is 0 Å². The van der Waals surface area contributed by atoms with Crippen LogP contribution in [-0.4, -0.2) is 106 Å². The van der Waals surface area contributed by atoms with Crippen LogP contribution in [0.25, 0.3) is 0 Å². The third kappa shape index (κ3) is 50.7. The van der Waals surface area contributed by atoms with Gasteiger partial charge in [0.25, 0.3) is 0 Å². The summed E-state index contributed by atoms with van der Waals surface area (Å²) in [6.07, 6.45) is 35.1. The molecule has 74 heavy (non-hydrogen) atoms. The summed E-state index contributed by atoms with van der Waals surface area (Å²) >= 11 is 0. The van der Waals surface area contributed by atoms with E-state index < -0.39 is 36.2 Å². The van der Waals surface area contributed by atoms with Crippen molar-refractivity contribution in [2.24, 2.45) is 0 Å². The van der Waals surface area contributed by atoms with Gasteiger partial charge >= 0.3 is 35.9 Å². The lowest BCUT2D eigenvalue weighted by Gasteiger charge is -2.21. The lowest BCUT2D eigenvalue weighted by molar-refractivity contribution is -0.168. The van der Waals surface area contributed by atoms with E-state index in [1.54, 1.807) is 0 Å². The van der Waals surface area contributed by atoms with E-state index in [1.807, 2.05) is 14.0 Å². The van der Waals surface area contributed by atoms with Crippen LogP contribution >= 0.6 is 0 Å². The molecule has 0 fully saturated rings. The van der Waals surface area contributed by atoms with Gasteiger partial charge in [-0.15, -0.1) is 0 Å². The monoisotopic (exact) mass is 1050 g/mol. The second-order valence-electron chi connectivity index (χ2n) is 20.7. The molecule has 0 aliphatic heterocycles. The van der Waals surface area contributed by atoms with Crippen LogP contribution in [0.1, 0.15) is 285 Å². The van der Waals surface area contributed by atoms with Gasteiger partial charge in [-0.05, 0) is 65.0 Å². The van der Waals surface area contributed by atoms with Crippen molar-refractivity contribution in [2.45, 2.75) is 297 Å². The summed E-state index contributed by atoms with van der Waals surface area (Å²) in [4.78, 5) is 78.2. The fraction of sp³-hybridized carbons (Fsp3) is 0.900. The van der Waals surface area contributed by atoms with Crippen molar-refractivity contribution >= 4 is 35.9 Å². The highest BCUT2D eigenvalue weighted by Gasteiger charge is 2.24. The van der Waals surface area contributed by atoms with Crippen LogP contribution in [-0.2, 0) is 52.4 Å². The highest BCUT2D eigenvalue weighted by Crippen LogP contribution is 2.17. The van der Waals surface area contributed by atoms with Crippen LogP contribution in [0.3, 0.4) is 0 Å². The largest absolute Gasteiger partial charge is 0.466 e. The Bertz CT molecular complexity index is 1280. The van der Waals surface area contributed by atoms with Gasteiger partial charge in [0.2, 0.25) is 0 Å². The van der Waals surface area contributed by atoms with E-state index in [-0.39, 0.29) is 44.4 Å². The average Bonchev–Trinajstić information content (AvgIpc) is 3.38. The number of hydrogen-bond donors (Lipinski definition) is 1. The van der Waals surface area contributed by atoms with E-state index in [2.05, 4.69) is 31.0 Å². The number of esters is 5. The Balaban J connectivity index is 4.92. The number of likely N-dealkylation sites (N-methyl/N-ethyl adjacent to an activating group) is 1. The molecular formula is C60H112N2O12. The summed E-state index contributed by atoms with van der Waals surface area (Å²) in [6.45, 7) is 11.0. The van der Waals surface area contributed by atoms with Gasteiger partial charge < -0.3 is 38.6 Å². The highest BCUT2D eigenvalue weighted by atomic mass is 16.6. The Morgan fingerprint density at radius 2 is 0.716 bits per heavy atom. The summed E-state index contributed by atoms with van der Waals surface area (Å²) in [5, 5.41) is 2.78. The van der Waals surface area contributed by atoms with Gasteiger partial charge in [0.05, 0.1) is 19.6 Å². The molecule has 0 spiro atoms. The molecule has 0 rings (SSSR count). The van der Waals surface area contributed by atoms with Gasteiger partial charge in [0, 0.05) is 38.8 Å². The summed E-state index contributed by atoms with van der Waals surface area (Å²) in [6, 6.07) is 0. The van der Waals surface area contributed by atoms with Crippen molar-refractivity contribution in [1.82, 2.24) is 10.2 Å². The van der Waals surface area contributed by atoms with Crippen molar-refractivity contribution < 1.29 is 57.2 Å². The molecule has 1 amide bonds. The lowest BCUT2D eigenvalue weighted by Crippen LogP contribution is -2.36. The van der Waals surface area contributed by atoms with Crippen LogP contribution in [0.4, 0.5) is 4.79 Å². The summed E-state index contributed by atoms with van der Waals surface area (Å²) in [7, 11) is 1.96. The van der Waals surface area contributed by atoms with Gasteiger partial charge in [0.1, 0.15) is 19.3 Å². The summed E-state index contributed by atoms with van der Waals surface area (Å²) in [5.41, 5.74) is 0. The van der Waals surface area contributed by atoms with Crippen LogP contribution < -0.4 is 5.32 Å². The number of alkyl carbamates (subject to hydrolysis) is 1. The summed E-state index contributed by atoms with van der Waals surface area (Å²) in [5.74, 6) is -1.82. The van der Waals surface area contributed by atoms with Crippen molar-refractivity contribution in [1.29, 1.82) is 0 Å². The third-order valence-corrected chi connectivity index (χ3v) is 13.6. The predicted molar refractivity (Wildman–Crippen MR) is 297 cm³/mol. The molecule has 14 nitrogen and oxygen atoms in total. The standard InChI is InChI=1S/C60H112N2O12/c1-6-10-13-16-19-21-23-32-39-48-69-55(63)42-35-28-25-30-37-44-57(65)71-51-54(73-59(67)50-53(41-34-27-18-15-12-8-3)74-60(68)61-46-47-62(5)9-4)52-72-58(66)45-38-31-26-29-36-43-56(64)70-49-40-33-24-22-20-17-14-11-7-2/h53-54H,6-52H2,1-5H3,(H,61,68). The number of nitrogens with one attached hydrogen (secondary N) is 1. The fourth-order valence-corrected chi connectivity index (χ4v) is 8.59. The molecular weight excluding hydrogens is 941 g/mol. The molecule has 0 aliphatic carbocycles. The average molecular weight is 1050 g/mol. The van der Waals surface area contributed by atoms with Gasteiger partial charge in [-0.1, -0.05) is 201 Å². The molecule has 0 aromatic carbocycles. The van der Waals surface area contributed by atoms with Crippen LogP contribution in [0.2, 0.25) is 0 Å². The second-order valence-corrected chi connectivity index (χ2v) is 20.7. The molecule has 0 saturated carbocycles. The Kier molecular flexibility index (Phi) is 51.9. The number of nitrogens with zero attached hydrogens (tertiary/aromatic N) is 1. The SMILES string of the molecule is CCCCCCCCCCCOC(=O)CCCCCCCC(=O)OCC(COC(=O)CCCCCCCC(=O)OCCCCCCCCCCC)OC(=O)CC(CCCCCCCC)OC(=O)NCCN(C)CC. The first-order chi connectivity index (χ1) is 36.0. The van der Waals surface area contributed by atoms with Crippen molar-refractivity contribution in [3.05, 3.63) is 0 Å². The van der Waals surface area contributed by atoms with E-state index in [0.717, 1.165) is 122 Å². The maximum Gasteiger partial charge on any atom is 0.407 e. The predicted octanol–water partition coefficient (Wildman–Crippen LogP) is 14.8. The fourth-order valence-electron chi connectivity index (χ4n) is 8.59. The molecule has 0 bridgehead atoms. The van der Waals surface area contributed by atoms with E-state index in [1.165, 1.54) is 89.9 Å². The molecule has 434 valence electrons. The first-order valence-corrected chi connectivity index (χ1v) is 30.5. The van der Waals surface area contributed by atoms with Gasteiger partial charge in [-0.25, -0.2) is 4.79 Å². The quantitative estimate of drug-likeness (QED) is 0.0347. The normalized spacial score (nSPS) is 11.7. The highest BCUT2D eigenvalue weighted by molar-refractivity contribution is 5.73.